The molecule has 0 radical (unpaired) electrons. The van der Waals surface area contributed by atoms with Crippen molar-refractivity contribution in [2.75, 3.05) is 19.6 Å². The van der Waals surface area contributed by atoms with Crippen molar-refractivity contribution in [3.8, 4) is 11.8 Å². The molecule has 0 amide bonds. The Morgan fingerprint density at radius 3 is 3.11 bits per heavy atom. The van der Waals surface area contributed by atoms with E-state index in [2.05, 4.69) is 28.2 Å². The smallest absolute Gasteiger partial charge is 0.0583 e. The summed E-state index contributed by atoms with van der Waals surface area (Å²) in [7, 11) is 0. The largest absolute Gasteiger partial charge is 0.393 e. The van der Waals surface area contributed by atoms with Gasteiger partial charge in [0.05, 0.1) is 12.6 Å². The second-order valence-corrected chi connectivity index (χ2v) is 6.57. The number of nitrogens with zero attached hydrogens (tertiary/aromatic N) is 1. The van der Waals surface area contributed by atoms with Crippen LogP contribution in [-0.2, 0) is 6.54 Å². The van der Waals surface area contributed by atoms with E-state index in [0.29, 0.717) is 18.4 Å². The van der Waals surface area contributed by atoms with Gasteiger partial charge >= 0.3 is 0 Å². The molecule has 2 fully saturated rings. The van der Waals surface area contributed by atoms with Gasteiger partial charge in [-0.15, -0.1) is 11.3 Å². The van der Waals surface area contributed by atoms with Gasteiger partial charge in [-0.3, -0.25) is 4.90 Å². The van der Waals surface area contributed by atoms with E-state index in [0.717, 1.165) is 31.6 Å². The molecule has 3 rings (SSSR count). The molecule has 1 saturated carbocycles. The lowest BCUT2D eigenvalue weighted by molar-refractivity contribution is 0.123. The van der Waals surface area contributed by atoms with E-state index in [1.54, 1.807) is 11.3 Å². The lowest BCUT2D eigenvalue weighted by Gasteiger charge is -2.16. The van der Waals surface area contributed by atoms with Crippen LogP contribution in [0, 0.1) is 23.7 Å². The second-order valence-electron chi connectivity index (χ2n) is 5.57. The first-order valence-electron chi connectivity index (χ1n) is 6.93. The molecule has 3 nitrogen and oxygen atoms in total. The highest BCUT2D eigenvalue weighted by Gasteiger charge is 2.41. The Morgan fingerprint density at radius 1 is 1.42 bits per heavy atom. The van der Waals surface area contributed by atoms with Crippen molar-refractivity contribution in [3.05, 3.63) is 21.9 Å². The van der Waals surface area contributed by atoms with E-state index in [1.165, 1.54) is 11.3 Å². The summed E-state index contributed by atoms with van der Waals surface area (Å²) in [6.45, 7) is 3.60. The Labute approximate surface area is 118 Å². The van der Waals surface area contributed by atoms with Gasteiger partial charge in [0.2, 0.25) is 0 Å². The number of hydrogen-bond acceptors (Lipinski definition) is 4. The Kier molecular flexibility index (Phi) is 3.90. The molecule has 2 aliphatic rings. The van der Waals surface area contributed by atoms with Gasteiger partial charge in [0.15, 0.2) is 0 Å². The summed E-state index contributed by atoms with van der Waals surface area (Å²) in [6, 6.07) is 2.16. The van der Waals surface area contributed by atoms with E-state index in [4.69, 9.17) is 5.73 Å². The van der Waals surface area contributed by atoms with Gasteiger partial charge in [-0.25, -0.2) is 0 Å². The fourth-order valence-electron chi connectivity index (χ4n) is 3.36. The van der Waals surface area contributed by atoms with E-state index in [-0.39, 0.29) is 6.10 Å². The minimum Gasteiger partial charge on any atom is -0.393 e. The first kappa shape index (κ1) is 13.1. The quantitative estimate of drug-likeness (QED) is 0.800. The zero-order chi connectivity index (χ0) is 13.2. The number of fused-ring (bicyclic) bond motifs is 1. The van der Waals surface area contributed by atoms with Gasteiger partial charge in [0.1, 0.15) is 0 Å². The molecule has 3 unspecified atom stereocenters. The third-order valence-corrected chi connectivity index (χ3v) is 5.18. The summed E-state index contributed by atoms with van der Waals surface area (Å²) in [5.74, 6) is 7.19. The predicted molar refractivity (Wildman–Crippen MR) is 77.7 cm³/mol. The Morgan fingerprint density at radius 2 is 2.32 bits per heavy atom. The van der Waals surface area contributed by atoms with Gasteiger partial charge in [-0.05, 0) is 24.8 Å². The van der Waals surface area contributed by atoms with Crippen LogP contribution in [0.4, 0.5) is 0 Å². The van der Waals surface area contributed by atoms with Gasteiger partial charge in [-0.1, -0.05) is 11.8 Å². The topological polar surface area (TPSA) is 49.5 Å². The summed E-state index contributed by atoms with van der Waals surface area (Å²) < 4.78 is 0. The number of nitrogens with two attached hydrogens (primary N) is 1. The molecule has 4 heteroatoms. The van der Waals surface area contributed by atoms with Crippen LogP contribution in [0.2, 0.25) is 0 Å². The Bertz CT molecular complexity index is 502. The van der Waals surface area contributed by atoms with Crippen molar-refractivity contribution >= 4 is 11.3 Å². The third-order valence-electron chi connectivity index (χ3n) is 4.26. The molecule has 1 saturated heterocycles. The van der Waals surface area contributed by atoms with Crippen LogP contribution >= 0.6 is 11.3 Å². The lowest BCUT2D eigenvalue weighted by Crippen LogP contribution is -2.24. The van der Waals surface area contributed by atoms with Crippen molar-refractivity contribution in [2.24, 2.45) is 17.6 Å². The maximum absolute atomic E-state index is 9.93. The molecule has 2 heterocycles. The number of likely N-dealkylation sites (tertiary alicyclic amines) is 1. The maximum atomic E-state index is 9.93. The number of thiophene rings is 1. The zero-order valence-corrected chi connectivity index (χ0v) is 11.8. The molecule has 3 N–H and O–H groups in total. The third kappa shape index (κ3) is 2.85. The normalized spacial score (nSPS) is 30.1. The second kappa shape index (κ2) is 5.64. The summed E-state index contributed by atoms with van der Waals surface area (Å²) in [5, 5.41) is 12.0. The zero-order valence-electron chi connectivity index (χ0n) is 11.0. The Hall–Kier alpha value is -0.860. The fraction of sp³-hybridized carbons (Fsp3) is 0.600. The molecule has 1 aliphatic carbocycles. The van der Waals surface area contributed by atoms with Crippen molar-refractivity contribution in [2.45, 2.75) is 25.5 Å². The SMILES string of the molecule is NCC#Cc1csc(CN2CC3CCC(O)C3C2)c1. The van der Waals surface area contributed by atoms with Crippen molar-refractivity contribution in [1.29, 1.82) is 0 Å². The van der Waals surface area contributed by atoms with E-state index < -0.39 is 0 Å². The highest BCUT2D eigenvalue weighted by atomic mass is 32.1. The highest BCUT2D eigenvalue weighted by molar-refractivity contribution is 7.10. The first-order chi connectivity index (χ1) is 9.26. The molecule has 19 heavy (non-hydrogen) atoms. The Balaban J connectivity index is 1.59. The van der Waals surface area contributed by atoms with Crippen LogP contribution in [0.3, 0.4) is 0 Å². The monoisotopic (exact) mass is 276 g/mol. The number of hydrogen-bond donors (Lipinski definition) is 2. The van der Waals surface area contributed by atoms with Crippen molar-refractivity contribution < 1.29 is 5.11 Å². The summed E-state index contributed by atoms with van der Waals surface area (Å²) in [4.78, 5) is 3.83. The predicted octanol–water partition coefficient (Wildman–Crippen LogP) is 1.26. The summed E-state index contributed by atoms with van der Waals surface area (Å²) in [5.41, 5.74) is 6.45. The van der Waals surface area contributed by atoms with Gasteiger partial charge in [0, 0.05) is 41.4 Å². The van der Waals surface area contributed by atoms with Crippen LogP contribution in [-0.4, -0.2) is 35.7 Å². The molecule has 0 aromatic carbocycles. The average molecular weight is 276 g/mol. The molecule has 1 aromatic rings. The lowest BCUT2D eigenvalue weighted by atomic mass is 10.00. The number of aliphatic hydroxyl groups is 1. The minimum absolute atomic E-state index is 0.0654. The van der Waals surface area contributed by atoms with Gasteiger partial charge in [0.25, 0.3) is 0 Å². The summed E-state index contributed by atoms with van der Waals surface area (Å²) >= 11 is 1.77. The molecular weight excluding hydrogens is 256 g/mol. The van der Waals surface area contributed by atoms with Crippen molar-refractivity contribution in [1.82, 2.24) is 4.90 Å². The first-order valence-corrected chi connectivity index (χ1v) is 7.81. The maximum Gasteiger partial charge on any atom is 0.0583 e. The van der Waals surface area contributed by atoms with Gasteiger partial charge in [-0.2, -0.15) is 0 Å². The van der Waals surface area contributed by atoms with Crippen LogP contribution in [0.5, 0.6) is 0 Å². The van der Waals surface area contributed by atoms with Crippen LogP contribution in [0.15, 0.2) is 11.4 Å². The minimum atomic E-state index is -0.0654. The standard InChI is InChI=1S/C15H20N2OS/c16-5-1-2-11-6-13(19-10-11)8-17-7-12-3-4-15(18)14(12)9-17/h6,10,12,14-15,18H,3-5,7-9,16H2. The van der Waals surface area contributed by atoms with Crippen LogP contribution < -0.4 is 5.73 Å². The highest BCUT2D eigenvalue weighted by Crippen LogP contribution is 2.38. The van der Waals surface area contributed by atoms with Crippen LogP contribution in [0.25, 0.3) is 0 Å². The molecule has 1 aliphatic heterocycles. The van der Waals surface area contributed by atoms with E-state index >= 15 is 0 Å². The molecular formula is C15H20N2OS. The van der Waals surface area contributed by atoms with E-state index in [1.807, 2.05) is 0 Å². The number of rotatable bonds is 2. The van der Waals surface area contributed by atoms with Crippen LogP contribution in [0.1, 0.15) is 23.3 Å². The molecule has 102 valence electrons. The molecule has 1 aromatic heterocycles. The molecule has 0 spiro atoms. The summed E-state index contributed by atoms with van der Waals surface area (Å²) in [6.07, 6.45) is 2.13. The molecule has 3 atom stereocenters. The van der Waals surface area contributed by atoms with Gasteiger partial charge < -0.3 is 10.8 Å². The fourth-order valence-corrected chi connectivity index (χ4v) is 4.22. The average Bonchev–Trinajstić information content (AvgIpc) is 3.07. The van der Waals surface area contributed by atoms with E-state index in [9.17, 15) is 5.11 Å². The van der Waals surface area contributed by atoms with Crippen molar-refractivity contribution in [3.63, 3.8) is 0 Å². The molecule has 0 bridgehead atoms. The number of aliphatic hydroxyl groups excluding tert-OH is 1.